The number of anilines is 2. The van der Waals surface area contributed by atoms with Crippen LogP contribution in [0.15, 0.2) is 30.3 Å². The molecule has 136 valence electrons. The molecule has 0 radical (unpaired) electrons. The molecule has 1 atom stereocenters. The fourth-order valence-electron chi connectivity index (χ4n) is 4.06. The Morgan fingerprint density at radius 2 is 1.81 bits per heavy atom. The number of nitrogen functional groups attached to an aromatic ring is 1. The zero-order chi connectivity index (χ0) is 18.1. The Hall–Kier alpha value is -2.63. The van der Waals surface area contributed by atoms with Gasteiger partial charge in [0, 0.05) is 37.0 Å². The predicted molar refractivity (Wildman–Crippen MR) is 102 cm³/mol. The third-order valence-electron chi connectivity index (χ3n) is 5.32. The summed E-state index contributed by atoms with van der Waals surface area (Å²) in [6.45, 7) is 4.80. The van der Waals surface area contributed by atoms with E-state index in [1.165, 1.54) is 18.5 Å². The van der Waals surface area contributed by atoms with Crippen molar-refractivity contribution < 1.29 is 4.79 Å². The van der Waals surface area contributed by atoms with Crippen LogP contribution in [0, 0.1) is 6.92 Å². The molecule has 6 heteroatoms. The second-order valence-corrected chi connectivity index (χ2v) is 7.16. The van der Waals surface area contributed by atoms with Crippen LogP contribution in [0.1, 0.15) is 53.6 Å². The highest BCUT2D eigenvalue weighted by atomic mass is 16.2. The second kappa shape index (κ2) is 6.94. The third kappa shape index (κ3) is 3.23. The van der Waals surface area contributed by atoms with E-state index >= 15 is 0 Å². The fraction of sp³-hybridized carbons (Fsp3) is 0.450. The van der Waals surface area contributed by atoms with E-state index < -0.39 is 0 Å². The molecule has 2 aliphatic heterocycles. The summed E-state index contributed by atoms with van der Waals surface area (Å²) in [6, 6.07) is 9.80. The molecule has 0 aliphatic carbocycles. The van der Waals surface area contributed by atoms with Crippen LogP contribution in [-0.4, -0.2) is 40.4 Å². The predicted octanol–water partition coefficient (Wildman–Crippen LogP) is 2.94. The Balaban J connectivity index is 1.54. The highest BCUT2D eigenvalue weighted by molar-refractivity contribution is 5.95. The molecule has 1 aromatic heterocycles. The molecule has 0 saturated carbocycles. The number of rotatable bonds is 3. The summed E-state index contributed by atoms with van der Waals surface area (Å²) in [4.78, 5) is 26.0. The molecule has 1 aromatic carbocycles. The summed E-state index contributed by atoms with van der Waals surface area (Å²) in [7, 11) is 0. The first-order valence-corrected chi connectivity index (χ1v) is 9.39. The van der Waals surface area contributed by atoms with E-state index in [-0.39, 0.29) is 11.9 Å². The highest BCUT2D eigenvalue weighted by Gasteiger charge is 2.32. The quantitative estimate of drug-likeness (QED) is 0.920. The van der Waals surface area contributed by atoms with Crippen molar-refractivity contribution in [1.82, 2.24) is 14.9 Å². The molecule has 0 bridgehead atoms. The molecule has 0 spiro atoms. The van der Waals surface area contributed by atoms with Crippen molar-refractivity contribution in [2.45, 2.75) is 38.6 Å². The first-order valence-electron chi connectivity index (χ1n) is 9.39. The van der Waals surface area contributed by atoms with Crippen LogP contribution in [0.4, 0.5) is 11.5 Å². The summed E-state index contributed by atoms with van der Waals surface area (Å²) in [6.07, 6.45) is 4.38. The van der Waals surface area contributed by atoms with Crippen molar-refractivity contribution in [1.29, 1.82) is 0 Å². The maximum atomic E-state index is 13.1. The molecule has 2 saturated heterocycles. The van der Waals surface area contributed by atoms with E-state index in [2.05, 4.69) is 27.0 Å². The number of aromatic nitrogens is 2. The first-order chi connectivity index (χ1) is 12.6. The SMILES string of the molecule is Cc1nc(N)cc([C@@H]2CCCN2C(=O)c2ccc(N3CCCC3)cc2)n1. The number of likely N-dealkylation sites (tertiary alicyclic amines) is 1. The van der Waals surface area contributed by atoms with Crippen LogP contribution in [0.3, 0.4) is 0 Å². The Labute approximate surface area is 154 Å². The number of nitrogens with two attached hydrogens (primary N) is 1. The number of aryl methyl sites for hydroxylation is 1. The normalized spacial score (nSPS) is 20.0. The van der Waals surface area contributed by atoms with Gasteiger partial charge in [0.1, 0.15) is 11.6 Å². The largest absolute Gasteiger partial charge is 0.384 e. The summed E-state index contributed by atoms with van der Waals surface area (Å²) >= 11 is 0. The van der Waals surface area contributed by atoms with Gasteiger partial charge in [0.15, 0.2) is 0 Å². The van der Waals surface area contributed by atoms with E-state index in [0.717, 1.165) is 43.7 Å². The lowest BCUT2D eigenvalue weighted by atomic mass is 10.1. The van der Waals surface area contributed by atoms with Gasteiger partial charge >= 0.3 is 0 Å². The number of nitrogens with zero attached hydrogens (tertiary/aromatic N) is 4. The average Bonchev–Trinajstić information content (AvgIpc) is 3.32. The van der Waals surface area contributed by atoms with Crippen molar-refractivity contribution >= 4 is 17.4 Å². The van der Waals surface area contributed by atoms with Crippen LogP contribution in [-0.2, 0) is 0 Å². The molecule has 4 rings (SSSR count). The van der Waals surface area contributed by atoms with Crippen LogP contribution in [0.5, 0.6) is 0 Å². The minimum absolute atomic E-state index is 0.0234. The molecular formula is C20H25N5O. The number of hydrogen-bond donors (Lipinski definition) is 1. The average molecular weight is 351 g/mol. The van der Waals surface area contributed by atoms with Gasteiger partial charge in [-0.15, -0.1) is 0 Å². The van der Waals surface area contributed by atoms with Crippen LogP contribution in [0.25, 0.3) is 0 Å². The highest BCUT2D eigenvalue weighted by Crippen LogP contribution is 2.33. The number of benzene rings is 1. The third-order valence-corrected chi connectivity index (χ3v) is 5.32. The van der Waals surface area contributed by atoms with Gasteiger partial charge in [0.25, 0.3) is 5.91 Å². The summed E-state index contributed by atoms with van der Waals surface area (Å²) in [5, 5.41) is 0. The lowest BCUT2D eigenvalue weighted by molar-refractivity contribution is 0.0732. The van der Waals surface area contributed by atoms with Gasteiger partial charge in [0.2, 0.25) is 0 Å². The first kappa shape index (κ1) is 16.8. The van der Waals surface area contributed by atoms with Gasteiger partial charge in [-0.2, -0.15) is 0 Å². The summed E-state index contributed by atoms with van der Waals surface area (Å²) in [5.41, 5.74) is 8.66. The van der Waals surface area contributed by atoms with Gasteiger partial charge in [-0.25, -0.2) is 9.97 Å². The number of amides is 1. The molecule has 0 unspecified atom stereocenters. The molecule has 2 fully saturated rings. The van der Waals surface area contributed by atoms with Crippen LogP contribution in [0.2, 0.25) is 0 Å². The smallest absolute Gasteiger partial charge is 0.254 e. The van der Waals surface area contributed by atoms with Crippen molar-refractivity contribution in [2.24, 2.45) is 0 Å². The molecule has 26 heavy (non-hydrogen) atoms. The standard InChI is InChI=1S/C20H25N5O/c1-14-22-17(13-19(21)23-14)18-5-4-12-25(18)20(26)15-6-8-16(9-7-15)24-10-2-3-11-24/h6-9,13,18H,2-5,10-12H2,1H3,(H2,21,22,23)/t18-/m0/s1. The summed E-state index contributed by atoms with van der Waals surface area (Å²) in [5.74, 6) is 1.17. The van der Waals surface area contributed by atoms with Crippen molar-refractivity contribution in [2.75, 3.05) is 30.3 Å². The molecule has 2 aliphatic rings. The van der Waals surface area contributed by atoms with E-state index in [9.17, 15) is 4.79 Å². The maximum Gasteiger partial charge on any atom is 0.254 e. The number of carbonyl (C=O) groups is 1. The zero-order valence-corrected chi connectivity index (χ0v) is 15.2. The maximum absolute atomic E-state index is 13.1. The molecule has 6 nitrogen and oxygen atoms in total. The van der Waals surface area contributed by atoms with E-state index in [1.807, 2.05) is 24.0 Å². The van der Waals surface area contributed by atoms with Gasteiger partial charge in [0.05, 0.1) is 11.7 Å². The Bertz CT molecular complexity index is 778. The topological polar surface area (TPSA) is 75.3 Å². The Morgan fingerprint density at radius 1 is 1.08 bits per heavy atom. The second-order valence-electron chi connectivity index (χ2n) is 7.16. The van der Waals surface area contributed by atoms with Gasteiger partial charge in [-0.1, -0.05) is 0 Å². The van der Waals surface area contributed by atoms with Gasteiger partial charge in [-0.3, -0.25) is 4.79 Å². The Kier molecular flexibility index (Phi) is 4.49. The lowest BCUT2D eigenvalue weighted by Crippen LogP contribution is -2.31. The summed E-state index contributed by atoms with van der Waals surface area (Å²) < 4.78 is 0. The zero-order valence-electron chi connectivity index (χ0n) is 15.2. The Morgan fingerprint density at radius 3 is 2.50 bits per heavy atom. The lowest BCUT2D eigenvalue weighted by Gasteiger charge is -2.25. The molecule has 1 amide bonds. The molecular weight excluding hydrogens is 326 g/mol. The number of carbonyl (C=O) groups excluding carboxylic acids is 1. The van der Waals surface area contributed by atoms with Crippen molar-refractivity contribution in [3.63, 3.8) is 0 Å². The van der Waals surface area contributed by atoms with E-state index in [1.54, 1.807) is 6.07 Å². The molecule has 3 heterocycles. The van der Waals surface area contributed by atoms with E-state index in [4.69, 9.17) is 5.73 Å². The fourth-order valence-corrected chi connectivity index (χ4v) is 4.06. The van der Waals surface area contributed by atoms with Gasteiger partial charge < -0.3 is 15.5 Å². The van der Waals surface area contributed by atoms with Crippen molar-refractivity contribution in [3.05, 3.63) is 47.4 Å². The molecule has 2 aromatic rings. The van der Waals surface area contributed by atoms with Gasteiger partial charge in [-0.05, 0) is 56.9 Å². The minimum atomic E-state index is -0.0234. The monoisotopic (exact) mass is 351 g/mol. The molecule has 2 N–H and O–H groups in total. The van der Waals surface area contributed by atoms with E-state index in [0.29, 0.717) is 11.6 Å². The van der Waals surface area contributed by atoms with Crippen LogP contribution >= 0.6 is 0 Å². The number of hydrogen-bond acceptors (Lipinski definition) is 5. The van der Waals surface area contributed by atoms with Crippen molar-refractivity contribution in [3.8, 4) is 0 Å². The minimum Gasteiger partial charge on any atom is -0.384 e. The van der Waals surface area contributed by atoms with Crippen LogP contribution < -0.4 is 10.6 Å².